The number of carbonyl (C=O) groups excluding carboxylic acids is 1. The zero-order chi connectivity index (χ0) is 22.7. The van der Waals surface area contributed by atoms with Crippen molar-refractivity contribution < 1.29 is 17.9 Å². The minimum Gasteiger partial charge on any atom is -0.497 e. The summed E-state index contributed by atoms with van der Waals surface area (Å²) in [5.41, 5.74) is 1.55. The normalized spacial score (nSPS) is 11.4. The average molecular weight is 487 g/mol. The Balaban J connectivity index is 1.67. The van der Waals surface area contributed by atoms with Crippen molar-refractivity contribution in [3.05, 3.63) is 83.4 Å². The van der Waals surface area contributed by atoms with Crippen LogP contribution >= 0.6 is 22.9 Å². The molecule has 0 atom stereocenters. The fraction of sp³-hybridized carbons (Fsp3) is 0.130. The van der Waals surface area contributed by atoms with Crippen molar-refractivity contribution in [3.63, 3.8) is 0 Å². The molecular weight excluding hydrogens is 468 g/mol. The van der Waals surface area contributed by atoms with Crippen LogP contribution in [0.2, 0.25) is 5.02 Å². The number of sulfone groups is 1. The third kappa shape index (κ3) is 4.93. The van der Waals surface area contributed by atoms with E-state index in [0.717, 1.165) is 10.3 Å². The molecule has 32 heavy (non-hydrogen) atoms. The fourth-order valence-electron chi connectivity index (χ4n) is 3.14. The summed E-state index contributed by atoms with van der Waals surface area (Å²) in [6.07, 6.45) is 0. The zero-order valence-electron chi connectivity index (χ0n) is 17.1. The fourth-order valence-corrected chi connectivity index (χ4v) is 5.59. The Morgan fingerprint density at radius 3 is 2.47 bits per heavy atom. The van der Waals surface area contributed by atoms with E-state index < -0.39 is 21.5 Å². The molecule has 0 spiro atoms. The number of rotatable bonds is 7. The standard InChI is InChI=1S/C23H19ClN2O4S2/c1-30-18-8-10-19(11-9-18)32(28,29)15-22(27)26(14-16-5-3-2-4-6-16)23-25-20-12-7-17(24)13-21(20)31-23/h2-13H,14-15H2,1H3. The molecule has 164 valence electrons. The van der Waals surface area contributed by atoms with Crippen LogP contribution in [0.25, 0.3) is 10.2 Å². The molecule has 4 rings (SSSR count). The maximum Gasteiger partial charge on any atom is 0.244 e. The van der Waals surface area contributed by atoms with Crippen molar-refractivity contribution in [2.24, 2.45) is 0 Å². The topological polar surface area (TPSA) is 76.6 Å². The number of amides is 1. The number of aromatic nitrogens is 1. The van der Waals surface area contributed by atoms with Crippen molar-refractivity contribution in [1.29, 1.82) is 0 Å². The van der Waals surface area contributed by atoms with E-state index in [0.29, 0.717) is 21.4 Å². The number of benzene rings is 3. The Bertz CT molecular complexity index is 1350. The number of ether oxygens (including phenoxy) is 1. The Hall–Kier alpha value is -2.94. The van der Waals surface area contributed by atoms with Gasteiger partial charge in [-0.3, -0.25) is 9.69 Å². The van der Waals surface area contributed by atoms with Gasteiger partial charge in [0.05, 0.1) is 28.8 Å². The van der Waals surface area contributed by atoms with E-state index >= 15 is 0 Å². The first-order valence-electron chi connectivity index (χ1n) is 9.63. The summed E-state index contributed by atoms with van der Waals surface area (Å²) in [7, 11) is -2.36. The van der Waals surface area contributed by atoms with Crippen molar-refractivity contribution in [2.45, 2.75) is 11.4 Å². The molecule has 0 saturated carbocycles. The number of thiazole rings is 1. The second kappa shape index (κ2) is 9.28. The molecule has 0 radical (unpaired) electrons. The van der Waals surface area contributed by atoms with Crippen molar-refractivity contribution in [2.75, 3.05) is 17.8 Å². The number of hydrogen-bond donors (Lipinski definition) is 0. The molecule has 0 saturated heterocycles. The number of anilines is 1. The Kier molecular flexibility index (Phi) is 6.45. The summed E-state index contributed by atoms with van der Waals surface area (Å²) in [6, 6.07) is 20.6. The van der Waals surface area contributed by atoms with E-state index in [1.54, 1.807) is 30.3 Å². The molecule has 0 N–H and O–H groups in total. The van der Waals surface area contributed by atoms with Crippen LogP contribution in [-0.2, 0) is 21.2 Å². The van der Waals surface area contributed by atoms with Crippen LogP contribution in [0, 0.1) is 0 Å². The molecular formula is C23H19ClN2O4S2. The lowest BCUT2D eigenvalue weighted by molar-refractivity contribution is -0.116. The predicted octanol–water partition coefficient (Wildman–Crippen LogP) is 4.97. The van der Waals surface area contributed by atoms with Gasteiger partial charge < -0.3 is 4.74 Å². The summed E-state index contributed by atoms with van der Waals surface area (Å²) >= 11 is 7.38. The van der Waals surface area contributed by atoms with Gasteiger partial charge in [0, 0.05) is 5.02 Å². The van der Waals surface area contributed by atoms with E-state index in [4.69, 9.17) is 16.3 Å². The largest absolute Gasteiger partial charge is 0.497 e. The van der Waals surface area contributed by atoms with Gasteiger partial charge in [-0.2, -0.15) is 0 Å². The van der Waals surface area contributed by atoms with Gasteiger partial charge >= 0.3 is 0 Å². The lowest BCUT2D eigenvalue weighted by Crippen LogP contribution is -2.35. The second-order valence-corrected chi connectivity index (χ2v) is 10.4. The van der Waals surface area contributed by atoms with Crippen LogP contribution in [0.4, 0.5) is 5.13 Å². The summed E-state index contributed by atoms with van der Waals surface area (Å²) < 4.78 is 31.7. The molecule has 6 nitrogen and oxygen atoms in total. The average Bonchev–Trinajstić information content (AvgIpc) is 3.20. The van der Waals surface area contributed by atoms with Gasteiger partial charge in [0.15, 0.2) is 15.0 Å². The molecule has 0 aliphatic heterocycles. The van der Waals surface area contributed by atoms with Crippen LogP contribution in [0.1, 0.15) is 5.56 Å². The molecule has 0 aliphatic carbocycles. The van der Waals surface area contributed by atoms with Crippen LogP contribution in [0.3, 0.4) is 0 Å². The van der Waals surface area contributed by atoms with Crippen LogP contribution < -0.4 is 9.64 Å². The van der Waals surface area contributed by atoms with E-state index in [-0.39, 0.29) is 11.4 Å². The van der Waals surface area contributed by atoms with Gasteiger partial charge in [0.2, 0.25) is 5.91 Å². The number of hydrogen-bond acceptors (Lipinski definition) is 6. The van der Waals surface area contributed by atoms with E-state index in [1.807, 2.05) is 30.3 Å². The first kappa shape index (κ1) is 22.3. The highest BCUT2D eigenvalue weighted by atomic mass is 35.5. The molecule has 1 aromatic heterocycles. The number of nitrogens with zero attached hydrogens (tertiary/aromatic N) is 2. The molecule has 9 heteroatoms. The highest BCUT2D eigenvalue weighted by Crippen LogP contribution is 2.32. The summed E-state index contributed by atoms with van der Waals surface area (Å²) in [5, 5.41) is 0.983. The Labute approximate surface area is 195 Å². The Morgan fingerprint density at radius 1 is 1.06 bits per heavy atom. The first-order valence-corrected chi connectivity index (χ1v) is 12.5. The van der Waals surface area contributed by atoms with E-state index in [2.05, 4.69) is 4.98 Å². The smallest absolute Gasteiger partial charge is 0.244 e. The monoisotopic (exact) mass is 486 g/mol. The number of carbonyl (C=O) groups is 1. The molecule has 3 aromatic carbocycles. The zero-order valence-corrected chi connectivity index (χ0v) is 19.5. The number of halogens is 1. The third-order valence-electron chi connectivity index (χ3n) is 4.79. The van der Waals surface area contributed by atoms with Crippen molar-refractivity contribution in [1.82, 2.24) is 4.98 Å². The third-order valence-corrected chi connectivity index (χ3v) is 7.68. The molecule has 0 fully saturated rings. The molecule has 0 bridgehead atoms. The maximum atomic E-state index is 13.3. The van der Waals surface area contributed by atoms with E-state index in [1.165, 1.54) is 35.5 Å². The molecule has 1 heterocycles. The van der Waals surface area contributed by atoms with Crippen molar-refractivity contribution >= 4 is 54.0 Å². The molecule has 0 unspecified atom stereocenters. The highest BCUT2D eigenvalue weighted by Gasteiger charge is 2.27. The highest BCUT2D eigenvalue weighted by molar-refractivity contribution is 7.92. The predicted molar refractivity (Wildman–Crippen MR) is 127 cm³/mol. The Morgan fingerprint density at radius 2 is 1.78 bits per heavy atom. The maximum absolute atomic E-state index is 13.3. The van der Waals surface area contributed by atoms with Crippen LogP contribution in [0.5, 0.6) is 5.75 Å². The van der Waals surface area contributed by atoms with Gasteiger partial charge in [-0.1, -0.05) is 53.3 Å². The minimum absolute atomic E-state index is 0.0578. The second-order valence-electron chi connectivity index (χ2n) is 7.01. The molecule has 0 aliphatic rings. The lowest BCUT2D eigenvalue weighted by Gasteiger charge is -2.20. The van der Waals surface area contributed by atoms with Crippen LogP contribution in [-0.4, -0.2) is 32.2 Å². The summed E-state index contributed by atoms with van der Waals surface area (Å²) in [6.45, 7) is 0.200. The SMILES string of the molecule is COc1ccc(S(=O)(=O)CC(=O)N(Cc2ccccc2)c2nc3ccc(Cl)cc3s2)cc1. The lowest BCUT2D eigenvalue weighted by atomic mass is 10.2. The summed E-state index contributed by atoms with van der Waals surface area (Å²) in [5.74, 6) is -0.702. The number of methoxy groups -OCH3 is 1. The van der Waals surface area contributed by atoms with Gasteiger partial charge in [0.25, 0.3) is 0 Å². The van der Waals surface area contributed by atoms with E-state index in [9.17, 15) is 13.2 Å². The summed E-state index contributed by atoms with van der Waals surface area (Å²) in [4.78, 5) is 19.3. The van der Waals surface area contributed by atoms with Gasteiger partial charge in [-0.05, 0) is 48.0 Å². The molecule has 4 aromatic rings. The number of fused-ring (bicyclic) bond motifs is 1. The molecule has 1 amide bonds. The minimum atomic E-state index is -3.86. The van der Waals surface area contributed by atoms with Gasteiger partial charge in [-0.15, -0.1) is 0 Å². The van der Waals surface area contributed by atoms with Crippen molar-refractivity contribution in [3.8, 4) is 5.75 Å². The van der Waals surface area contributed by atoms with Gasteiger partial charge in [0.1, 0.15) is 11.5 Å². The van der Waals surface area contributed by atoms with Gasteiger partial charge in [-0.25, -0.2) is 13.4 Å². The van der Waals surface area contributed by atoms with Crippen LogP contribution in [0.15, 0.2) is 77.7 Å². The first-order chi connectivity index (χ1) is 15.4. The quantitative estimate of drug-likeness (QED) is 0.369.